The number of aromatic nitrogens is 3. The van der Waals surface area contributed by atoms with Crippen molar-refractivity contribution in [3.05, 3.63) is 54.1 Å². The second-order valence-electron chi connectivity index (χ2n) is 5.72. The van der Waals surface area contributed by atoms with Crippen LogP contribution in [0.1, 0.15) is 12.5 Å². The van der Waals surface area contributed by atoms with Crippen LogP contribution in [0.25, 0.3) is 11.4 Å². The quantitative estimate of drug-likeness (QED) is 0.648. The molecule has 0 spiro atoms. The van der Waals surface area contributed by atoms with Crippen molar-refractivity contribution < 1.29 is 9.90 Å². The average molecular weight is 368 g/mol. The molecule has 0 atom stereocenters. The van der Waals surface area contributed by atoms with Crippen molar-refractivity contribution in [2.24, 2.45) is 0 Å². The summed E-state index contributed by atoms with van der Waals surface area (Å²) in [5, 5.41) is 22.0. The molecule has 7 heteroatoms. The molecular weight excluding hydrogens is 348 g/mol. The van der Waals surface area contributed by atoms with Crippen LogP contribution >= 0.6 is 11.8 Å². The number of phenols is 1. The van der Waals surface area contributed by atoms with E-state index in [-0.39, 0.29) is 17.4 Å². The maximum atomic E-state index is 12.2. The highest BCUT2D eigenvalue weighted by atomic mass is 32.2. The van der Waals surface area contributed by atoms with E-state index in [1.807, 2.05) is 48.7 Å². The predicted molar refractivity (Wildman–Crippen MR) is 103 cm³/mol. The number of nitrogens with zero attached hydrogens (tertiary/aromatic N) is 3. The summed E-state index contributed by atoms with van der Waals surface area (Å²) in [5.74, 6) is 0.877. The first kappa shape index (κ1) is 18.0. The van der Waals surface area contributed by atoms with E-state index in [4.69, 9.17) is 0 Å². The third-order valence-electron chi connectivity index (χ3n) is 3.93. The molecule has 0 unspecified atom stereocenters. The van der Waals surface area contributed by atoms with Crippen LogP contribution < -0.4 is 5.32 Å². The number of aryl methyl sites for hydroxylation is 1. The van der Waals surface area contributed by atoms with E-state index >= 15 is 0 Å². The third-order valence-corrected chi connectivity index (χ3v) is 4.90. The Balaban J connectivity index is 1.72. The number of nitrogens with one attached hydrogen (secondary N) is 1. The Morgan fingerprint density at radius 2 is 1.88 bits per heavy atom. The number of hydrogen-bond donors (Lipinski definition) is 2. The van der Waals surface area contributed by atoms with Crippen LogP contribution in [0.2, 0.25) is 0 Å². The van der Waals surface area contributed by atoms with Crippen molar-refractivity contribution in [2.45, 2.75) is 25.5 Å². The Hall–Kier alpha value is -2.80. The van der Waals surface area contributed by atoms with E-state index in [1.54, 1.807) is 18.2 Å². The van der Waals surface area contributed by atoms with Crippen molar-refractivity contribution in [1.82, 2.24) is 14.8 Å². The first-order chi connectivity index (χ1) is 12.6. The van der Waals surface area contributed by atoms with Crippen LogP contribution in [0.15, 0.2) is 53.7 Å². The minimum Gasteiger partial charge on any atom is -0.507 e. The number of phenolic OH excluding ortho intramolecular Hbond substituents is 1. The van der Waals surface area contributed by atoms with Crippen LogP contribution in [0.4, 0.5) is 5.69 Å². The monoisotopic (exact) mass is 368 g/mol. The van der Waals surface area contributed by atoms with Gasteiger partial charge in [0, 0.05) is 12.2 Å². The zero-order chi connectivity index (χ0) is 18.5. The highest BCUT2D eigenvalue weighted by molar-refractivity contribution is 7.99. The Morgan fingerprint density at radius 3 is 2.62 bits per heavy atom. The molecule has 26 heavy (non-hydrogen) atoms. The van der Waals surface area contributed by atoms with E-state index in [1.165, 1.54) is 11.8 Å². The molecule has 0 aliphatic carbocycles. The molecule has 1 aromatic heterocycles. The van der Waals surface area contributed by atoms with E-state index in [9.17, 15) is 9.90 Å². The standard InChI is InChI=1S/C19H20N4O2S/c1-3-23-18(14-9-5-7-11-16(14)24)21-22-19(23)26-12-17(25)20-15-10-6-4-8-13(15)2/h4-11,24H,3,12H2,1-2H3,(H,20,25). The molecule has 0 bridgehead atoms. The molecule has 0 saturated heterocycles. The van der Waals surface area contributed by atoms with E-state index in [0.29, 0.717) is 23.1 Å². The molecule has 0 radical (unpaired) electrons. The smallest absolute Gasteiger partial charge is 0.234 e. The summed E-state index contributed by atoms with van der Waals surface area (Å²) < 4.78 is 1.89. The summed E-state index contributed by atoms with van der Waals surface area (Å²) in [5.41, 5.74) is 2.45. The minimum atomic E-state index is -0.0981. The van der Waals surface area contributed by atoms with Gasteiger partial charge in [-0.1, -0.05) is 42.1 Å². The summed E-state index contributed by atoms with van der Waals surface area (Å²) >= 11 is 1.32. The Labute approximate surface area is 156 Å². The molecule has 2 N–H and O–H groups in total. The summed E-state index contributed by atoms with van der Waals surface area (Å²) in [4.78, 5) is 12.2. The van der Waals surface area contributed by atoms with Gasteiger partial charge >= 0.3 is 0 Å². The molecule has 3 aromatic rings. The van der Waals surface area contributed by atoms with E-state index < -0.39 is 0 Å². The van der Waals surface area contributed by atoms with Gasteiger partial charge in [0.05, 0.1) is 11.3 Å². The van der Waals surface area contributed by atoms with Gasteiger partial charge in [-0.15, -0.1) is 10.2 Å². The summed E-state index contributed by atoms with van der Waals surface area (Å²) in [6.45, 7) is 4.57. The van der Waals surface area contributed by atoms with Gasteiger partial charge in [0.1, 0.15) is 5.75 Å². The number of anilines is 1. The fraction of sp³-hybridized carbons (Fsp3) is 0.211. The second kappa shape index (κ2) is 8.05. The second-order valence-corrected chi connectivity index (χ2v) is 6.66. The lowest BCUT2D eigenvalue weighted by Crippen LogP contribution is -2.15. The Morgan fingerprint density at radius 1 is 1.15 bits per heavy atom. The first-order valence-electron chi connectivity index (χ1n) is 8.30. The van der Waals surface area contributed by atoms with Gasteiger partial charge in [-0.3, -0.25) is 4.79 Å². The number of hydrogen-bond acceptors (Lipinski definition) is 5. The topological polar surface area (TPSA) is 80.0 Å². The van der Waals surface area contributed by atoms with Gasteiger partial charge in [-0.2, -0.15) is 0 Å². The summed E-state index contributed by atoms with van der Waals surface area (Å²) in [6.07, 6.45) is 0. The van der Waals surface area contributed by atoms with Crippen LogP contribution in [0.3, 0.4) is 0 Å². The molecule has 1 amide bonds. The number of para-hydroxylation sites is 2. The van der Waals surface area contributed by atoms with Gasteiger partial charge in [0.2, 0.25) is 5.91 Å². The SMILES string of the molecule is CCn1c(SCC(=O)Nc2ccccc2C)nnc1-c1ccccc1O. The summed E-state index contributed by atoms with van der Waals surface area (Å²) in [6, 6.07) is 14.7. The molecule has 1 heterocycles. The molecule has 6 nitrogen and oxygen atoms in total. The van der Waals surface area contributed by atoms with Crippen molar-refractivity contribution in [2.75, 3.05) is 11.1 Å². The van der Waals surface area contributed by atoms with Crippen molar-refractivity contribution in [1.29, 1.82) is 0 Å². The highest BCUT2D eigenvalue weighted by Gasteiger charge is 2.16. The average Bonchev–Trinajstić information content (AvgIpc) is 3.05. The molecule has 134 valence electrons. The fourth-order valence-electron chi connectivity index (χ4n) is 2.57. The van der Waals surface area contributed by atoms with Gasteiger partial charge < -0.3 is 15.0 Å². The zero-order valence-electron chi connectivity index (χ0n) is 14.6. The van der Waals surface area contributed by atoms with Crippen molar-refractivity contribution in [3.63, 3.8) is 0 Å². The number of carbonyl (C=O) groups is 1. The third kappa shape index (κ3) is 3.88. The number of carbonyl (C=O) groups excluding carboxylic acids is 1. The Kier molecular flexibility index (Phi) is 5.58. The lowest BCUT2D eigenvalue weighted by molar-refractivity contribution is -0.113. The number of benzene rings is 2. The molecule has 3 rings (SSSR count). The van der Waals surface area contributed by atoms with Gasteiger partial charge in [0.15, 0.2) is 11.0 Å². The van der Waals surface area contributed by atoms with Gasteiger partial charge in [0.25, 0.3) is 0 Å². The molecular formula is C19H20N4O2S. The maximum absolute atomic E-state index is 12.2. The minimum absolute atomic E-state index is 0.0981. The lowest BCUT2D eigenvalue weighted by Gasteiger charge is -2.09. The maximum Gasteiger partial charge on any atom is 0.234 e. The number of rotatable bonds is 6. The first-order valence-corrected chi connectivity index (χ1v) is 9.28. The van der Waals surface area contributed by atoms with Crippen LogP contribution in [0, 0.1) is 6.92 Å². The lowest BCUT2D eigenvalue weighted by atomic mass is 10.2. The molecule has 0 aliphatic rings. The Bertz CT molecular complexity index is 923. The predicted octanol–water partition coefficient (Wildman–Crippen LogP) is 3.71. The van der Waals surface area contributed by atoms with Crippen molar-refractivity contribution >= 4 is 23.4 Å². The van der Waals surface area contributed by atoms with Crippen LogP contribution in [-0.4, -0.2) is 31.5 Å². The van der Waals surface area contributed by atoms with Crippen molar-refractivity contribution in [3.8, 4) is 17.1 Å². The molecule has 2 aromatic carbocycles. The van der Waals surface area contributed by atoms with Crippen LogP contribution in [-0.2, 0) is 11.3 Å². The largest absolute Gasteiger partial charge is 0.507 e. The van der Waals surface area contributed by atoms with Gasteiger partial charge in [-0.05, 0) is 37.6 Å². The molecule has 0 saturated carbocycles. The normalized spacial score (nSPS) is 10.7. The van der Waals surface area contributed by atoms with Gasteiger partial charge in [-0.25, -0.2) is 0 Å². The number of thioether (sulfide) groups is 1. The van der Waals surface area contributed by atoms with E-state index in [0.717, 1.165) is 11.3 Å². The zero-order valence-corrected chi connectivity index (χ0v) is 15.5. The fourth-order valence-corrected chi connectivity index (χ4v) is 3.37. The number of aromatic hydroxyl groups is 1. The van der Waals surface area contributed by atoms with E-state index in [2.05, 4.69) is 15.5 Å². The molecule has 0 fully saturated rings. The molecule has 0 aliphatic heterocycles. The van der Waals surface area contributed by atoms with Crippen LogP contribution in [0.5, 0.6) is 5.75 Å². The number of amides is 1. The highest BCUT2D eigenvalue weighted by Crippen LogP contribution is 2.30. The summed E-state index contributed by atoms with van der Waals surface area (Å²) in [7, 11) is 0.